The fourth-order valence-electron chi connectivity index (χ4n) is 1.71. The maximum absolute atomic E-state index is 11.3. The highest BCUT2D eigenvalue weighted by Gasteiger charge is 2.17. The van der Waals surface area contributed by atoms with Crippen LogP contribution in [0.5, 0.6) is 0 Å². The second kappa shape index (κ2) is 6.42. The van der Waals surface area contributed by atoms with Crippen LogP contribution in [0, 0.1) is 6.92 Å². The first kappa shape index (κ1) is 14.4. The quantitative estimate of drug-likeness (QED) is 0.650. The largest absolute Gasteiger partial charge is 0.469 e. The van der Waals surface area contributed by atoms with Gasteiger partial charge in [-0.3, -0.25) is 9.36 Å². The summed E-state index contributed by atoms with van der Waals surface area (Å²) in [4.78, 5) is 11.3. The lowest BCUT2D eigenvalue weighted by atomic mass is 10.2. The van der Waals surface area contributed by atoms with Gasteiger partial charge in [0.2, 0.25) is 5.91 Å². The van der Waals surface area contributed by atoms with Crippen molar-refractivity contribution in [3.63, 3.8) is 0 Å². The summed E-state index contributed by atoms with van der Waals surface area (Å²) < 4.78 is 7.21. The predicted octanol–water partition coefficient (Wildman–Crippen LogP) is 1.87. The minimum atomic E-state index is -0.0517. The van der Waals surface area contributed by atoms with Gasteiger partial charge >= 0.3 is 0 Å². The minimum Gasteiger partial charge on any atom is -0.469 e. The summed E-state index contributed by atoms with van der Waals surface area (Å²) in [6.45, 7) is 6.19. The molecule has 106 valence electrons. The highest BCUT2D eigenvalue weighted by Crippen LogP contribution is 2.26. The Morgan fingerprint density at radius 2 is 2.40 bits per heavy atom. The third-order valence-corrected chi connectivity index (χ3v) is 3.71. The highest BCUT2D eigenvalue weighted by molar-refractivity contribution is 7.99. The third kappa shape index (κ3) is 2.93. The summed E-state index contributed by atoms with van der Waals surface area (Å²) >= 11 is 1.34. The van der Waals surface area contributed by atoms with Gasteiger partial charge in [-0.05, 0) is 13.0 Å². The smallest absolute Gasteiger partial charge is 0.230 e. The number of thioether (sulfide) groups is 1. The van der Waals surface area contributed by atoms with Crippen LogP contribution < -0.4 is 5.32 Å². The Morgan fingerprint density at radius 3 is 3.00 bits per heavy atom. The van der Waals surface area contributed by atoms with Crippen LogP contribution >= 0.6 is 11.8 Å². The van der Waals surface area contributed by atoms with E-state index in [0.29, 0.717) is 17.5 Å². The van der Waals surface area contributed by atoms with Gasteiger partial charge in [0.25, 0.3) is 0 Å². The number of hydrogen-bond donors (Lipinski definition) is 1. The van der Waals surface area contributed by atoms with Crippen LogP contribution in [0.1, 0.15) is 5.76 Å². The number of allylic oxidation sites excluding steroid dienone is 1. The number of carbonyl (C=O) groups is 1. The van der Waals surface area contributed by atoms with Crippen LogP contribution in [0.25, 0.3) is 11.4 Å². The number of nitrogens with one attached hydrogen (secondary N) is 1. The molecule has 0 bridgehead atoms. The van der Waals surface area contributed by atoms with Gasteiger partial charge in [-0.1, -0.05) is 17.8 Å². The Labute approximate surface area is 121 Å². The maximum Gasteiger partial charge on any atom is 0.230 e. The molecule has 0 saturated heterocycles. The van der Waals surface area contributed by atoms with Crippen molar-refractivity contribution in [1.82, 2.24) is 20.1 Å². The molecule has 0 aromatic carbocycles. The van der Waals surface area contributed by atoms with Crippen LogP contribution in [-0.4, -0.2) is 33.5 Å². The van der Waals surface area contributed by atoms with E-state index in [2.05, 4.69) is 22.1 Å². The van der Waals surface area contributed by atoms with Crippen molar-refractivity contribution >= 4 is 17.7 Å². The average Bonchev–Trinajstić information content (AvgIpc) is 3.03. The molecule has 0 atom stereocenters. The van der Waals surface area contributed by atoms with Crippen molar-refractivity contribution in [1.29, 1.82) is 0 Å². The Balaban J connectivity index is 2.30. The van der Waals surface area contributed by atoms with Gasteiger partial charge in [0, 0.05) is 13.6 Å². The summed E-state index contributed by atoms with van der Waals surface area (Å²) in [6.07, 6.45) is 3.39. The standard InChI is InChI=1S/C13H16N4O2S/c1-4-6-17-12(10-5-7-19-9(10)2)15-16-13(17)20-8-11(18)14-3/h4-5,7H,1,6,8H2,2-3H3,(H,14,18). The zero-order valence-electron chi connectivity index (χ0n) is 11.4. The number of rotatable bonds is 6. The molecule has 2 aromatic rings. The summed E-state index contributed by atoms with van der Waals surface area (Å²) in [5, 5.41) is 11.6. The van der Waals surface area contributed by atoms with Gasteiger partial charge in [0.15, 0.2) is 11.0 Å². The van der Waals surface area contributed by atoms with Crippen molar-refractivity contribution in [3.05, 3.63) is 30.7 Å². The molecule has 0 unspecified atom stereocenters. The highest BCUT2D eigenvalue weighted by atomic mass is 32.2. The van der Waals surface area contributed by atoms with Gasteiger partial charge in [-0.15, -0.1) is 16.8 Å². The summed E-state index contributed by atoms with van der Waals surface area (Å²) in [7, 11) is 1.61. The number of aryl methyl sites for hydroxylation is 1. The summed E-state index contributed by atoms with van der Waals surface area (Å²) in [6, 6.07) is 1.85. The zero-order chi connectivity index (χ0) is 14.5. The lowest BCUT2D eigenvalue weighted by Crippen LogP contribution is -2.20. The fourth-order valence-corrected chi connectivity index (χ4v) is 2.53. The van der Waals surface area contributed by atoms with Crippen LogP contribution in [0.3, 0.4) is 0 Å². The third-order valence-electron chi connectivity index (χ3n) is 2.74. The maximum atomic E-state index is 11.3. The van der Waals surface area contributed by atoms with Crippen molar-refractivity contribution < 1.29 is 9.21 Å². The normalized spacial score (nSPS) is 10.5. The number of aromatic nitrogens is 3. The van der Waals surface area contributed by atoms with E-state index in [1.54, 1.807) is 19.4 Å². The van der Waals surface area contributed by atoms with Crippen molar-refractivity contribution in [2.75, 3.05) is 12.8 Å². The Morgan fingerprint density at radius 1 is 1.60 bits per heavy atom. The molecule has 0 aliphatic heterocycles. The van der Waals surface area contributed by atoms with E-state index in [1.165, 1.54) is 11.8 Å². The number of nitrogens with zero attached hydrogens (tertiary/aromatic N) is 3. The van der Waals surface area contributed by atoms with Gasteiger partial charge in [0.05, 0.1) is 17.6 Å². The second-order valence-electron chi connectivity index (χ2n) is 4.06. The first-order valence-corrected chi connectivity index (χ1v) is 7.08. The predicted molar refractivity (Wildman–Crippen MR) is 77.4 cm³/mol. The molecule has 0 radical (unpaired) electrons. The number of hydrogen-bond acceptors (Lipinski definition) is 5. The lowest BCUT2D eigenvalue weighted by molar-refractivity contribution is -0.118. The second-order valence-corrected chi connectivity index (χ2v) is 5.00. The van der Waals surface area contributed by atoms with E-state index >= 15 is 0 Å². The average molecular weight is 292 g/mol. The monoisotopic (exact) mass is 292 g/mol. The Kier molecular flexibility index (Phi) is 4.62. The Hall–Kier alpha value is -2.02. The SMILES string of the molecule is C=CCn1c(SCC(=O)NC)nnc1-c1ccoc1C. The van der Waals surface area contributed by atoms with Crippen molar-refractivity contribution in [2.24, 2.45) is 0 Å². The van der Waals surface area contributed by atoms with E-state index in [0.717, 1.165) is 17.1 Å². The van der Waals surface area contributed by atoms with Gasteiger partial charge in [-0.2, -0.15) is 0 Å². The zero-order valence-corrected chi connectivity index (χ0v) is 12.2. The molecule has 0 aliphatic carbocycles. The molecular formula is C13H16N4O2S. The molecule has 2 heterocycles. The van der Waals surface area contributed by atoms with Crippen molar-refractivity contribution in [2.45, 2.75) is 18.6 Å². The molecule has 0 saturated carbocycles. The molecule has 2 aromatic heterocycles. The molecule has 1 amide bonds. The lowest BCUT2D eigenvalue weighted by Gasteiger charge is -2.06. The van der Waals surface area contributed by atoms with Crippen LogP contribution in [0.4, 0.5) is 0 Å². The fraction of sp³-hybridized carbons (Fsp3) is 0.308. The van der Waals surface area contributed by atoms with Gasteiger partial charge < -0.3 is 9.73 Å². The molecule has 0 spiro atoms. The molecule has 0 aliphatic rings. The van der Waals surface area contributed by atoms with E-state index in [1.807, 2.05) is 17.6 Å². The number of amides is 1. The van der Waals surface area contributed by atoms with E-state index < -0.39 is 0 Å². The van der Waals surface area contributed by atoms with E-state index in [-0.39, 0.29) is 5.91 Å². The van der Waals surface area contributed by atoms with Crippen molar-refractivity contribution in [3.8, 4) is 11.4 Å². The molecular weight excluding hydrogens is 276 g/mol. The first-order valence-electron chi connectivity index (χ1n) is 6.09. The summed E-state index contributed by atoms with van der Waals surface area (Å²) in [5.41, 5.74) is 0.895. The van der Waals surface area contributed by atoms with E-state index in [9.17, 15) is 4.79 Å². The van der Waals surface area contributed by atoms with Crippen LogP contribution in [0.2, 0.25) is 0 Å². The van der Waals surface area contributed by atoms with E-state index in [4.69, 9.17) is 4.42 Å². The minimum absolute atomic E-state index is 0.0517. The molecule has 0 fully saturated rings. The first-order chi connectivity index (χ1) is 9.67. The van der Waals surface area contributed by atoms with Gasteiger partial charge in [-0.25, -0.2) is 0 Å². The number of carbonyl (C=O) groups excluding carboxylic acids is 1. The molecule has 20 heavy (non-hydrogen) atoms. The Bertz CT molecular complexity index is 618. The topological polar surface area (TPSA) is 73.0 Å². The molecule has 1 N–H and O–H groups in total. The summed E-state index contributed by atoms with van der Waals surface area (Å²) in [5.74, 6) is 1.75. The van der Waals surface area contributed by atoms with Gasteiger partial charge in [0.1, 0.15) is 5.76 Å². The van der Waals surface area contributed by atoms with Crippen LogP contribution in [0.15, 0.2) is 34.6 Å². The molecule has 7 heteroatoms. The van der Waals surface area contributed by atoms with Crippen LogP contribution in [-0.2, 0) is 11.3 Å². The molecule has 6 nitrogen and oxygen atoms in total. The number of furan rings is 1. The molecule has 2 rings (SSSR count).